The molecule has 0 N–H and O–H groups in total. The molecule has 0 saturated carbocycles. The molecule has 194 valence electrons. The van der Waals surface area contributed by atoms with E-state index in [0.717, 1.165) is 12.8 Å². The van der Waals surface area contributed by atoms with Crippen molar-refractivity contribution < 1.29 is 33.5 Å². The van der Waals surface area contributed by atoms with Crippen molar-refractivity contribution >= 4 is 17.5 Å². The molecule has 1 saturated heterocycles. The minimum Gasteiger partial charge on any atom is -0.490 e. The highest BCUT2D eigenvalue weighted by Gasteiger charge is 2.34. The van der Waals surface area contributed by atoms with E-state index in [1.807, 2.05) is 0 Å². The highest BCUT2D eigenvalue weighted by Crippen LogP contribution is 2.29. The van der Waals surface area contributed by atoms with Gasteiger partial charge in [-0.3, -0.25) is 19.7 Å². The molecule has 0 spiro atoms. The van der Waals surface area contributed by atoms with Gasteiger partial charge < -0.3 is 28.7 Å². The number of nitro benzene ring substituents is 1. The Morgan fingerprint density at radius 3 is 2.43 bits per heavy atom. The number of nitrogens with zero attached hydrogens (tertiary/aromatic N) is 3. The number of fused-ring (bicyclic) bond motifs is 3. The SMILES string of the molecule is CO[C@H]1CC[C@@H]2CCN(C)C(=O)[C@H](C)[C@H](OC)CN(C)C(=O)c3cc([N+](=O)[O-])ccc3OC[C@@H]1O2. The minimum atomic E-state index is -0.562. The first-order chi connectivity index (χ1) is 16.7. The number of carbonyl (C=O) groups is 2. The summed E-state index contributed by atoms with van der Waals surface area (Å²) in [6.45, 7) is 2.53. The van der Waals surface area contributed by atoms with Gasteiger partial charge in [-0.2, -0.15) is 0 Å². The maximum atomic E-state index is 13.4. The molecule has 0 aromatic heterocycles. The summed E-state index contributed by atoms with van der Waals surface area (Å²) >= 11 is 0. The largest absolute Gasteiger partial charge is 0.490 e. The Morgan fingerprint density at radius 1 is 1.06 bits per heavy atom. The van der Waals surface area contributed by atoms with Gasteiger partial charge in [0, 0.05) is 53.5 Å². The molecule has 2 amide bonds. The van der Waals surface area contributed by atoms with Crippen LogP contribution in [0.5, 0.6) is 5.75 Å². The third-order valence-corrected chi connectivity index (χ3v) is 6.88. The van der Waals surface area contributed by atoms with E-state index in [1.165, 1.54) is 30.2 Å². The van der Waals surface area contributed by atoms with E-state index >= 15 is 0 Å². The van der Waals surface area contributed by atoms with Crippen LogP contribution in [-0.4, -0.2) is 99.0 Å². The lowest BCUT2D eigenvalue weighted by molar-refractivity contribution is -0.384. The van der Waals surface area contributed by atoms with E-state index in [-0.39, 0.29) is 54.4 Å². The van der Waals surface area contributed by atoms with Gasteiger partial charge in [0.1, 0.15) is 18.5 Å². The summed E-state index contributed by atoms with van der Waals surface area (Å²) in [5.41, 5.74) is -0.165. The first-order valence-electron chi connectivity index (χ1n) is 11.8. The highest BCUT2D eigenvalue weighted by molar-refractivity contribution is 5.97. The quantitative estimate of drug-likeness (QED) is 0.464. The Bertz CT molecular complexity index is 926. The molecular formula is C24H35N3O8. The third-order valence-electron chi connectivity index (χ3n) is 6.88. The number of rotatable bonds is 3. The van der Waals surface area contributed by atoms with Crippen molar-refractivity contribution in [2.75, 3.05) is 48.0 Å². The van der Waals surface area contributed by atoms with Gasteiger partial charge in [-0.05, 0) is 25.3 Å². The molecule has 5 atom stereocenters. The molecule has 11 nitrogen and oxygen atoms in total. The number of benzene rings is 1. The van der Waals surface area contributed by atoms with E-state index < -0.39 is 22.9 Å². The van der Waals surface area contributed by atoms with Gasteiger partial charge in [0.25, 0.3) is 11.6 Å². The molecule has 0 radical (unpaired) electrons. The fourth-order valence-electron chi connectivity index (χ4n) is 4.61. The van der Waals surface area contributed by atoms with Crippen LogP contribution in [0.25, 0.3) is 0 Å². The molecule has 1 aromatic rings. The number of nitro groups is 1. The Balaban J connectivity index is 1.98. The van der Waals surface area contributed by atoms with Gasteiger partial charge in [-0.1, -0.05) is 6.92 Å². The summed E-state index contributed by atoms with van der Waals surface area (Å²) in [6.07, 6.45) is 1.01. The van der Waals surface area contributed by atoms with Crippen LogP contribution < -0.4 is 4.74 Å². The van der Waals surface area contributed by atoms with Crippen LogP contribution >= 0.6 is 0 Å². The summed E-state index contributed by atoms with van der Waals surface area (Å²) in [4.78, 5) is 40.3. The van der Waals surface area contributed by atoms with Crippen LogP contribution in [0.4, 0.5) is 5.69 Å². The number of hydrogen-bond donors (Lipinski definition) is 0. The third kappa shape index (κ3) is 6.28. The number of likely N-dealkylation sites (N-methyl/N-ethyl adjacent to an activating group) is 1. The second-order valence-corrected chi connectivity index (χ2v) is 9.19. The molecule has 11 heteroatoms. The number of hydrogen-bond acceptors (Lipinski definition) is 8. The lowest BCUT2D eigenvalue weighted by atomic mass is 9.98. The zero-order chi connectivity index (χ0) is 25.7. The summed E-state index contributed by atoms with van der Waals surface area (Å²) < 4.78 is 23.4. The predicted molar refractivity (Wildman–Crippen MR) is 126 cm³/mol. The number of ether oxygens (including phenoxy) is 4. The molecule has 0 unspecified atom stereocenters. The van der Waals surface area contributed by atoms with Crippen molar-refractivity contribution in [1.29, 1.82) is 0 Å². The maximum Gasteiger partial charge on any atom is 0.270 e. The first-order valence-corrected chi connectivity index (χ1v) is 11.8. The van der Waals surface area contributed by atoms with Gasteiger partial charge in [-0.25, -0.2) is 0 Å². The zero-order valence-electron chi connectivity index (χ0n) is 21.0. The Labute approximate surface area is 205 Å². The van der Waals surface area contributed by atoms with Crippen molar-refractivity contribution in [3.63, 3.8) is 0 Å². The Morgan fingerprint density at radius 2 is 1.77 bits per heavy atom. The molecule has 2 aliphatic rings. The van der Waals surface area contributed by atoms with Crippen molar-refractivity contribution in [3.8, 4) is 5.75 Å². The van der Waals surface area contributed by atoms with Crippen LogP contribution in [0, 0.1) is 16.0 Å². The normalized spacial score (nSPS) is 28.9. The van der Waals surface area contributed by atoms with Crippen LogP contribution in [0.1, 0.15) is 36.5 Å². The van der Waals surface area contributed by atoms with E-state index in [9.17, 15) is 19.7 Å². The van der Waals surface area contributed by atoms with Gasteiger partial charge in [-0.15, -0.1) is 0 Å². The second-order valence-electron chi connectivity index (χ2n) is 9.19. The van der Waals surface area contributed by atoms with Gasteiger partial charge in [0.2, 0.25) is 5.91 Å². The summed E-state index contributed by atoms with van der Waals surface area (Å²) in [5.74, 6) is -0.854. The van der Waals surface area contributed by atoms with Gasteiger partial charge in [0.05, 0.1) is 34.7 Å². The van der Waals surface area contributed by atoms with Crippen LogP contribution in [0.2, 0.25) is 0 Å². The summed E-state index contributed by atoms with van der Waals surface area (Å²) in [6, 6.07) is 3.94. The van der Waals surface area contributed by atoms with Crippen LogP contribution in [0.3, 0.4) is 0 Å². The van der Waals surface area contributed by atoms with Crippen LogP contribution in [0.15, 0.2) is 18.2 Å². The standard InChI is InChI=1S/C24H35N3O8/c1-15-21(33-5)13-26(3)24(29)18-12-16(27(30)31)6-8-19(18)34-14-22-20(32-4)9-7-17(35-22)10-11-25(2)23(15)28/h6,8,12,15,17,20-22H,7,9-11,13-14H2,1-5H3/t15-,17-,20+,21-,22+/m1/s1. The van der Waals surface area contributed by atoms with Crippen molar-refractivity contribution in [1.82, 2.24) is 9.80 Å². The molecule has 3 rings (SSSR count). The highest BCUT2D eigenvalue weighted by atomic mass is 16.6. The monoisotopic (exact) mass is 493 g/mol. The first kappa shape index (κ1) is 26.8. The van der Waals surface area contributed by atoms with Crippen LogP contribution in [-0.2, 0) is 19.0 Å². The average Bonchev–Trinajstić information content (AvgIpc) is 2.86. The van der Waals surface area contributed by atoms with Gasteiger partial charge >= 0.3 is 0 Å². The summed E-state index contributed by atoms with van der Waals surface area (Å²) in [5, 5.41) is 11.4. The number of methoxy groups -OCH3 is 2. The fraction of sp³-hybridized carbons (Fsp3) is 0.667. The number of non-ortho nitro benzene ring substituents is 1. The van der Waals surface area contributed by atoms with E-state index in [4.69, 9.17) is 18.9 Å². The van der Waals surface area contributed by atoms with E-state index in [0.29, 0.717) is 13.0 Å². The van der Waals surface area contributed by atoms with Crippen molar-refractivity contribution in [3.05, 3.63) is 33.9 Å². The zero-order valence-corrected chi connectivity index (χ0v) is 21.0. The molecule has 1 aromatic carbocycles. The van der Waals surface area contributed by atoms with Crippen molar-refractivity contribution in [2.45, 2.75) is 50.6 Å². The molecule has 1 fully saturated rings. The smallest absolute Gasteiger partial charge is 0.270 e. The molecule has 2 aliphatic heterocycles. The molecule has 0 aliphatic carbocycles. The van der Waals surface area contributed by atoms with E-state index in [1.54, 1.807) is 33.0 Å². The Kier molecular flexibility index (Phi) is 9.03. The molecule has 2 bridgehead atoms. The maximum absolute atomic E-state index is 13.4. The molecule has 35 heavy (non-hydrogen) atoms. The minimum absolute atomic E-state index is 0.0565. The fourth-order valence-corrected chi connectivity index (χ4v) is 4.61. The Hall–Kier alpha value is -2.76. The molecule has 2 heterocycles. The van der Waals surface area contributed by atoms with Crippen molar-refractivity contribution in [2.24, 2.45) is 5.92 Å². The van der Waals surface area contributed by atoms with Gasteiger partial charge in [0.15, 0.2) is 0 Å². The number of carbonyl (C=O) groups excluding carboxylic acids is 2. The predicted octanol–water partition coefficient (Wildman–Crippen LogP) is 2.12. The molecular weight excluding hydrogens is 458 g/mol. The van der Waals surface area contributed by atoms with E-state index in [2.05, 4.69) is 0 Å². The number of amides is 2. The topological polar surface area (TPSA) is 121 Å². The second kappa shape index (κ2) is 11.8. The average molecular weight is 494 g/mol. The summed E-state index contributed by atoms with van der Waals surface area (Å²) in [7, 11) is 6.43. The lowest BCUT2D eigenvalue weighted by Gasteiger charge is -2.37. The lowest BCUT2D eigenvalue weighted by Crippen LogP contribution is -2.47.